The molecule has 0 spiro atoms. The Kier molecular flexibility index (Phi) is 5.50. The van der Waals surface area contributed by atoms with E-state index in [9.17, 15) is 5.11 Å². The zero-order chi connectivity index (χ0) is 12.0. The molecule has 1 rings (SSSR count). The number of hydrogen-bond donors (Lipinski definition) is 2. The Balaban J connectivity index is 2.35. The molecule has 0 radical (unpaired) electrons. The third-order valence-corrected chi connectivity index (χ3v) is 2.98. The number of rotatable bonds is 6. The minimum Gasteiger partial charge on any atom is -0.393 e. The van der Waals surface area contributed by atoms with E-state index in [4.69, 9.17) is 0 Å². The second kappa shape index (κ2) is 6.66. The van der Waals surface area contributed by atoms with Crippen LogP contribution in [0.4, 0.5) is 0 Å². The first-order valence-electron chi connectivity index (χ1n) is 6.11. The summed E-state index contributed by atoms with van der Waals surface area (Å²) >= 11 is 0. The smallest absolute Gasteiger partial charge is 0.0549 e. The molecule has 0 saturated carbocycles. The van der Waals surface area contributed by atoms with Gasteiger partial charge in [-0.25, -0.2) is 0 Å². The van der Waals surface area contributed by atoms with Crippen molar-refractivity contribution in [1.29, 1.82) is 0 Å². The lowest BCUT2D eigenvalue weighted by atomic mass is 10.1. The van der Waals surface area contributed by atoms with Crippen LogP contribution in [0.15, 0.2) is 24.3 Å². The first-order valence-corrected chi connectivity index (χ1v) is 6.11. The van der Waals surface area contributed by atoms with E-state index in [1.807, 2.05) is 6.92 Å². The van der Waals surface area contributed by atoms with Crippen LogP contribution in [0.25, 0.3) is 0 Å². The van der Waals surface area contributed by atoms with E-state index in [2.05, 4.69) is 43.4 Å². The predicted octanol–water partition coefficient (Wildman–Crippen LogP) is 2.81. The normalized spacial score (nSPS) is 14.8. The van der Waals surface area contributed by atoms with E-state index >= 15 is 0 Å². The molecular formula is C14H23NO. The number of benzene rings is 1. The number of aliphatic hydroxyl groups excluding tert-OH is 1. The molecule has 16 heavy (non-hydrogen) atoms. The Labute approximate surface area is 98.7 Å². The van der Waals surface area contributed by atoms with Crippen molar-refractivity contribution < 1.29 is 5.11 Å². The van der Waals surface area contributed by atoms with Gasteiger partial charge < -0.3 is 10.4 Å². The molecule has 0 aliphatic heterocycles. The monoisotopic (exact) mass is 221 g/mol. The maximum atomic E-state index is 9.44. The summed E-state index contributed by atoms with van der Waals surface area (Å²) in [5.41, 5.74) is 2.59. The zero-order valence-corrected chi connectivity index (χ0v) is 10.5. The van der Waals surface area contributed by atoms with Crippen LogP contribution in [-0.2, 0) is 0 Å². The molecule has 2 nitrogen and oxygen atoms in total. The largest absolute Gasteiger partial charge is 0.393 e. The standard InChI is InChI=1S/C14H23NO/c1-4-14(16)9-10-15-12(3)13-7-5-11(2)6-8-13/h5-8,12,14-16H,4,9-10H2,1-3H3. The van der Waals surface area contributed by atoms with Gasteiger partial charge in [-0.2, -0.15) is 0 Å². The average molecular weight is 221 g/mol. The Hall–Kier alpha value is -0.860. The molecule has 1 aromatic rings. The highest BCUT2D eigenvalue weighted by molar-refractivity contribution is 5.23. The SMILES string of the molecule is CCC(O)CCNC(C)c1ccc(C)cc1. The summed E-state index contributed by atoms with van der Waals surface area (Å²) in [4.78, 5) is 0. The third kappa shape index (κ3) is 4.33. The van der Waals surface area contributed by atoms with Crippen LogP contribution in [0.1, 0.15) is 43.9 Å². The molecule has 0 aliphatic rings. The molecule has 0 aromatic heterocycles. The van der Waals surface area contributed by atoms with Gasteiger partial charge in [0.05, 0.1) is 6.10 Å². The maximum absolute atomic E-state index is 9.44. The molecule has 0 saturated heterocycles. The van der Waals surface area contributed by atoms with Crippen molar-refractivity contribution in [2.75, 3.05) is 6.54 Å². The summed E-state index contributed by atoms with van der Waals surface area (Å²) in [6, 6.07) is 8.93. The van der Waals surface area contributed by atoms with Crippen molar-refractivity contribution in [3.05, 3.63) is 35.4 Å². The number of nitrogens with one attached hydrogen (secondary N) is 1. The molecular weight excluding hydrogens is 198 g/mol. The van der Waals surface area contributed by atoms with Crippen molar-refractivity contribution in [2.24, 2.45) is 0 Å². The third-order valence-electron chi connectivity index (χ3n) is 2.98. The summed E-state index contributed by atoms with van der Waals surface area (Å²) in [5.74, 6) is 0. The number of hydrogen-bond acceptors (Lipinski definition) is 2. The van der Waals surface area contributed by atoms with E-state index in [1.54, 1.807) is 0 Å². The highest BCUT2D eigenvalue weighted by Crippen LogP contribution is 2.12. The first-order chi connectivity index (χ1) is 7.63. The lowest BCUT2D eigenvalue weighted by Crippen LogP contribution is -2.23. The van der Waals surface area contributed by atoms with E-state index in [-0.39, 0.29) is 6.10 Å². The van der Waals surface area contributed by atoms with Gasteiger partial charge in [0.15, 0.2) is 0 Å². The minimum atomic E-state index is -0.169. The van der Waals surface area contributed by atoms with Crippen LogP contribution in [-0.4, -0.2) is 17.8 Å². The zero-order valence-electron chi connectivity index (χ0n) is 10.5. The molecule has 2 atom stereocenters. The molecule has 0 heterocycles. The summed E-state index contributed by atoms with van der Waals surface area (Å²) in [5, 5.41) is 12.9. The van der Waals surface area contributed by atoms with Crippen molar-refractivity contribution in [3.63, 3.8) is 0 Å². The number of aliphatic hydroxyl groups is 1. The van der Waals surface area contributed by atoms with Crippen LogP contribution in [0.5, 0.6) is 0 Å². The molecule has 1 aromatic carbocycles. The highest BCUT2D eigenvalue weighted by Gasteiger charge is 2.05. The molecule has 2 unspecified atom stereocenters. The van der Waals surface area contributed by atoms with Crippen LogP contribution in [0.2, 0.25) is 0 Å². The van der Waals surface area contributed by atoms with E-state index in [0.717, 1.165) is 19.4 Å². The lowest BCUT2D eigenvalue weighted by Gasteiger charge is -2.15. The van der Waals surface area contributed by atoms with Crippen molar-refractivity contribution in [1.82, 2.24) is 5.32 Å². The fourth-order valence-electron chi connectivity index (χ4n) is 1.64. The maximum Gasteiger partial charge on any atom is 0.0549 e. The van der Waals surface area contributed by atoms with Gasteiger partial charge in [0, 0.05) is 6.04 Å². The summed E-state index contributed by atoms with van der Waals surface area (Å²) in [7, 11) is 0. The van der Waals surface area contributed by atoms with Crippen molar-refractivity contribution in [3.8, 4) is 0 Å². The van der Waals surface area contributed by atoms with E-state index < -0.39 is 0 Å². The molecule has 90 valence electrons. The minimum absolute atomic E-state index is 0.169. The van der Waals surface area contributed by atoms with Gasteiger partial charge in [0.25, 0.3) is 0 Å². The predicted molar refractivity (Wildman–Crippen MR) is 68.5 cm³/mol. The highest BCUT2D eigenvalue weighted by atomic mass is 16.3. The Morgan fingerprint density at radius 2 is 1.88 bits per heavy atom. The Morgan fingerprint density at radius 1 is 1.25 bits per heavy atom. The van der Waals surface area contributed by atoms with Gasteiger partial charge >= 0.3 is 0 Å². The molecule has 0 bridgehead atoms. The van der Waals surface area contributed by atoms with Gasteiger partial charge in [0.1, 0.15) is 0 Å². The van der Waals surface area contributed by atoms with Crippen LogP contribution in [0, 0.1) is 6.92 Å². The number of aryl methyl sites for hydroxylation is 1. The van der Waals surface area contributed by atoms with Crippen LogP contribution >= 0.6 is 0 Å². The second-order valence-electron chi connectivity index (χ2n) is 4.44. The molecule has 2 heteroatoms. The Bertz CT molecular complexity index is 294. The molecule has 2 N–H and O–H groups in total. The molecule has 0 amide bonds. The molecule has 0 aliphatic carbocycles. The van der Waals surface area contributed by atoms with Gasteiger partial charge in [-0.3, -0.25) is 0 Å². The van der Waals surface area contributed by atoms with Gasteiger partial charge in [-0.15, -0.1) is 0 Å². The van der Waals surface area contributed by atoms with Gasteiger partial charge in [-0.1, -0.05) is 36.8 Å². The lowest BCUT2D eigenvalue weighted by molar-refractivity contribution is 0.159. The van der Waals surface area contributed by atoms with E-state index in [0.29, 0.717) is 6.04 Å². The quantitative estimate of drug-likeness (QED) is 0.774. The van der Waals surface area contributed by atoms with Gasteiger partial charge in [0.2, 0.25) is 0 Å². The van der Waals surface area contributed by atoms with Crippen LogP contribution in [0.3, 0.4) is 0 Å². The van der Waals surface area contributed by atoms with Crippen molar-refractivity contribution in [2.45, 2.75) is 45.8 Å². The summed E-state index contributed by atoms with van der Waals surface area (Å²) in [6.07, 6.45) is 1.49. The summed E-state index contributed by atoms with van der Waals surface area (Å²) < 4.78 is 0. The average Bonchev–Trinajstić information content (AvgIpc) is 2.29. The summed E-state index contributed by atoms with van der Waals surface area (Å²) in [6.45, 7) is 7.13. The topological polar surface area (TPSA) is 32.3 Å². The molecule has 0 fully saturated rings. The first kappa shape index (κ1) is 13.2. The fourth-order valence-corrected chi connectivity index (χ4v) is 1.64. The second-order valence-corrected chi connectivity index (χ2v) is 4.44. The van der Waals surface area contributed by atoms with Crippen LogP contribution < -0.4 is 5.32 Å². The van der Waals surface area contributed by atoms with Gasteiger partial charge in [-0.05, 0) is 38.8 Å². The van der Waals surface area contributed by atoms with Crippen molar-refractivity contribution >= 4 is 0 Å². The fraction of sp³-hybridized carbons (Fsp3) is 0.571. The Morgan fingerprint density at radius 3 is 2.44 bits per heavy atom. The van der Waals surface area contributed by atoms with E-state index in [1.165, 1.54) is 11.1 Å².